The predicted molar refractivity (Wildman–Crippen MR) is 77.7 cm³/mol. The van der Waals surface area contributed by atoms with Gasteiger partial charge >= 0.3 is 0 Å². The number of aromatic nitrogens is 1. The summed E-state index contributed by atoms with van der Waals surface area (Å²) < 4.78 is 5.64. The fourth-order valence-corrected chi connectivity index (χ4v) is 1.91. The number of ether oxygens (including phenoxy) is 1. The van der Waals surface area contributed by atoms with Gasteiger partial charge in [-0.25, -0.2) is 4.98 Å². The molecule has 1 aromatic heterocycles. The fourth-order valence-electron chi connectivity index (χ4n) is 1.91. The maximum Gasteiger partial charge on any atom is 0.123 e. The third-order valence-electron chi connectivity index (χ3n) is 2.91. The number of hydrogen-bond acceptors (Lipinski definition) is 3. The second-order valence-corrected chi connectivity index (χ2v) is 4.55. The van der Waals surface area contributed by atoms with Crippen LogP contribution < -0.4 is 5.73 Å². The average molecular weight is 256 g/mol. The van der Waals surface area contributed by atoms with Gasteiger partial charge < -0.3 is 10.5 Å². The molecule has 0 fully saturated rings. The third kappa shape index (κ3) is 5.10. The van der Waals surface area contributed by atoms with Crippen LogP contribution in [0.15, 0.2) is 48.5 Å². The molecule has 0 saturated heterocycles. The maximum absolute atomic E-state index is 5.64. The molecule has 0 amide bonds. The predicted octanol–water partition coefficient (Wildman–Crippen LogP) is 3.20. The van der Waals surface area contributed by atoms with Crippen LogP contribution in [-0.2, 0) is 17.8 Å². The van der Waals surface area contributed by atoms with E-state index in [0.29, 0.717) is 12.4 Å². The van der Waals surface area contributed by atoms with Crippen LogP contribution in [0, 0.1) is 0 Å². The van der Waals surface area contributed by atoms with Crippen LogP contribution in [0.2, 0.25) is 0 Å². The standard InChI is InChI=1S/C16H20N2O/c17-16-11-6-10-15(18-16)9-4-5-12-19-13-14-7-2-1-3-8-14/h1-3,6-8,10-11H,4-5,9,12-13H2,(H2,17,18). The minimum atomic E-state index is 0.595. The van der Waals surface area contributed by atoms with Crippen LogP contribution in [-0.4, -0.2) is 11.6 Å². The van der Waals surface area contributed by atoms with E-state index in [-0.39, 0.29) is 0 Å². The number of nitrogen functional groups attached to an aromatic ring is 1. The average Bonchev–Trinajstić information content (AvgIpc) is 2.44. The number of nitrogens with zero attached hydrogens (tertiary/aromatic N) is 1. The minimum absolute atomic E-state index is 0.595. The number of benzene rings is 1. The van der Waals surface area contributed by atoms with Crippen LogP contribution in [0.5, 0.6) is 0 Å². The second-order valence-electron chi connectivity index (χ2n) is 4.55. The summed E-state index contributed by atoms with van der Waals surface area (Å²) in [6.07, 6.45) is 3.08. The molecule has 100 valence electrons. The molecule has 0 radical (unpaired) electrons. The van der Waals surface area contributed by atoms with Gasteiger partial charge in [0.2, 0.25) is 0 Å². The molecule has 2 rings (SSSR count). The summed E-state index contributed by atoms with van der Waals surface area (Å²) in [5.41, 5.74) is 7.92. The van der Waals surface area contributed by atoms with Crippen molar-refractivity contribution in [2.24, 2.45) is 0 Å². The van der Waals surface area contributed by atoms with Crippen molar-refractivity contribution in [1.29, 1.82) is 0 Å². The number of unbranched alkanes of at least 4 members (excludes halogenated alkanes) is 1. The van der Waals surface area contributed by atoms with Crippen LogP contribution >= 0.6 is 0 Å². The largest absolute Gasteiger partial charge is 0.384 e. The van der Waals surface area contributed by atoms with Crippen molar-refractivity contribution in [2.75, 3.05) is 12.3 Å². The molecule has 2 aromatic rings. The van der Waals surface area contributed by atoms with E-state index in [1.165, 1.54) is 5.56 Å². The van der Waals surface area contributed by atoms with Crippen LogP contribution in [0.1, 0.15) is 24.1 Å². The van der Waals surface area contributed by atoms with Crippen LogP contribution in [0.3, 0.4) is 0 Å². The Labute approximate surface area is 114 Å². The molecule has 0 bridgehead atoms. The summed E-state index contributed by atoms with van der Waals surface area (Å²) in [7, 11) is 0. The molecular formula is C16H20N2O. The van der Waals surface area contributed by atoms with Gasteiger partial charge in [0.25, 0.3) is 0 Å². The molecule has 0 atom stereocenters. The van der Waals surface area contributed by atoms with Gasteiger partial charge in [-0.15, -0.1) is 0 Å². The van der Waals surface area contributed by atoms with Crippen LogP contribution in [0.25, 0.3) is 0 Å². The molecule has 3 nitrogen and oxygen atoms in total. The monoisotopic (exact) mass is 256 g/mol. The highest BCUT2D eigenvalue weighted by atomic mass is 16.5. The van der Waals surface area contributed by atoms with E-state index in [4.69, 9.17) is 10.5 Å². The number of pyridine rings is 1. The molecule has 0 unspecified atom stereocenters. The number of aryl methyl sites for hydroxylation is 1. The summed E-state index contributed by atoms with van der Waals surface area (Å²) in [4.78, 5) is 4.28. The number of hydrogen-bond donors (Lipinski definition) is 1. The first-order valence-electron chi connectivity index (χ1n) is 6.68. The molecule has 2 N–H and O–H groups in total. The Hall–Kier alpha value is -1.87. The lowest BCUT2D eigenvalue weighted by Crippen LogP contribution is -1.98. The number of anilines is 1. The molecule has 0 saturated carbocycles. The smallest absolute Gasteiger partial charge is 0.123 e. The van der Waals surface area contributed by atoms with E-state index in [0.717, 1.165) is 31.6 Å². The van der Waals surface area contributed by atoms with Crippen molar-refractivity contribution in [3.05, 3.63) is 59.8 Å². The maximum atomic E-state index is 5.64. The highest BCUT2D eigenvalue weighted by Crippen LogP contribution is 2.06. The van der Waals surface area contributed by atoms with E-state index >= 15 is 0 Å². The molecule has 1 heterocycles. The Bertz CT molecular complexity index is 485. The first kappa shape index (κ1) is 13.6. The Morgan fingerprint density at radius 1 is 0.947 bits per heavy atom. The topological polar surface area (TPSA) is 48.1 Å². The Kier molecular flexibility index (Phi) is 5.38. The summed E-state index contributed by atoms with van der Waals surface area (Å²) in [5, 5.41) is 0. The summed E-state index contributed by atoms with van der Waals surface area (Å²) >= 11 is 0. The molecule has 0 aliphatic rings. The van der Waals surface area contributed by atoms with Gasteiger partial charge in [0, 0.05) is 12.3 Å². The second kappa shape index (κ2) is 7.54. The van der Waals surface area contributed by atoms with Crippen molar-refractivity contribution >= 4 is 5.82 Å². The zero-order valence-electron chi connectivity index (χ0n) is 11.1. The van der Waals surface area contributed by atoms with E-state index in [9.17, 15) is 0 Å². The normalized spacial score (nSPS) is 10.5. The minimum Gasteiger partial charge on any atom is -0.384 e. The molecule has 0 aliphatic heterocycles. The van der Waals surface area contributed by atoms with Gasteiger partial charge in [-0.2, -0.15) is 0 Å². The quantitative estimate of drug-likeness (QED) is 0.774. The SMILES string of the molecule is Nc1cccc(CCCCOCc2ccccc2)n1. The lowest BCUT2D eigenvalue weighted by atomic mass is 10.2. The Morgan fingerprint density at radius 2 is 1.79 bits per heavy atom. The summed E-state index contributed by atoms with van der Waals surface area (Å²) in [6.45, 7) is 1.48. The first-order valence-corrected chi connectivity index (χ1v) is 6.68. The van der Waals surface area contributed by atoms with Gasteiger partial charge in [-0.1, -0.05) is 36.4 Å². The zero-order valence-corrected chi connectivity index (χ0v) is 11.1. The Morgan fingerprint density at radius 3 is 2.58 bits per heavy atom. The molecule has 3 heteroatoms. The van der Waals surface area contributed by atoms with Gasteiger partial charge in [0.15, 0.2) is 0 Å². The molecule has 1 aromatic carbocycles. The van der Waals surface area contributed by atoms with Crippen molar-refractivity contribution in [2.45, 2.75) is 25.9 Å². The Balaban J connectivity index is 1.58. The van der Waals surface area contributed by atoms with E-state index in [1.807, 2.05) is 36.4 Å². The third-order valence-corrected chi connectivity index (χ3v) is 2.91. The zero-order chi connectivity index (χ0) is 13.3. The lowest BCUT2D eigenvalue weighted by molar-refractivity contribution is 0.117. The molecule has 19 heavy (non-hydrogen) atoms. The fraction of sp³-hybridized carbons (Fsp3) is 0.312. The van der Waals surface area contributed by atoms with Crippen molar-refractivity contribution < 1.29 is 4.74 Å². The number of rotatable bonds is 7. The highest BCUT2D eigenvalue weighted by molar-refractivity contribution is 5.28. The number of nitrogens with two attached hydrogens (primary N) is 1. The van der Waals surface area contributed by atoms with Gasteiger partial charge in [-0.3, -0.25) is 0 Å². The van der Waals surface area contributed by atoms with Crippen molar-refractivity contribution in [1.82, 2.24) is 4.98 Å². The van der Waals surface area contributed by atoms with Gasteiger partial charge in [0.1, 0.15) is 5.82 Å². The van der Waals surface area contributed by atoms with Gasteiger partial charge in [0.05, 0.1) is 6.61 Å². The van der Waals surface area contributed by atoms with E-state index in [1.54, 1.807) is 0 Å². The lowest BCUT2D eigenvalue weighted by Gasteiger charge is -2.04. The van der Waals surface area contributed by atoms with Crippen molar-refractivity contribution in [3.8, 4) is 0 Å². The summed E-state index contributed by atoms with van der Waals surface area (Å²) in [6, 6.07) is 16.0. The van der Waals surface area contributed by atoms with E-state index in [2.05, 4.69) is 17.1 Å². The van der Waals surface area contributed by atoms with Gasteiger partial charge in [-0.05, 0) is 37.0 Å². The highest BCUT2D eigenvalue weighted by Gasteiger charge is 1.96. The molecule has 0 aliphatic carbocycles. The van der Waals surface area contributed by atoms with Crippen LogP contribution in [0.4, 0.5) is 5.82 Å². The van der Waals surface area contributed by atoms with Crippen molar-refractivity contribution in [3.63, 3.8) is 0 Å². The molecular weight excluding hydrogens is 236 g/mol. The van der Waals surface area contributed by atoms with E-state index < -0.39 is 0 Å². The molecule has 0 spiro atoms. The summed E-state index contributed by atoms with van der Waals surface area (Å²) in [5.74, 6) is 0.595. The first-order chi connectivity index (χ1) is 9.34.